The molecule has 1 saturated heterocycles. The van der Waals surface area contributed by atoms with E-state index in [2.05, 4.69) is 20.2 Å². The van der Waals surface area contributed by atoms with Gasteiger partial charge in [0.25, 0.3) is 0 Å². The number of benzene rings is 2. The highest BCUT2D eigenvalue weighted by Gasteiger charge is 2.26. The van der Waals surface area contributed by atoms with Crippen molar-refractivity contribution in [2.24, 2.45) is 5.92 Å². The van der Waals surface area contributed by atoms with Crippen molar-refractivity contribution in [1.82, 2.24) is 9.97 Å². The van der Waals surface area contributed by atoms with E-state index in [9.17, 15) is 9.18 Å². The van der Waals surface area contributed by atoms with Crippen molar-refractivity contribution in [3.63, 3.8) is 0 Å². The standard InChI is InChI=1S/C23H22ClFN4O2/c1-31-21-7-6-18(12-19(21)24)28-23(30)16-8-10-29(11-9-16)22-13-20(26-14-27-22)15-2-4-17(25)5-3-15/h2-7,12-14,16H,8-11H2,1H3,(H,28,30). The number of anilines is 2. The third-order valence-corrected chi connectivity index (χ3v) is 5.70. The van der Waals surface area contributed by atoms with Gasteiger partial charge in [-0.15, -0.1) is 0 Å². The minimum Gasteiger partial charge on any atom is -0.495 e. The van der Waals surface area contributed by atoms with E-state index in [1.807, 2.05) is 6.07 Å². The average Bonchev–Trinajstić information content (AvgIpc) is 2.80. The summed E-state index contributed by atoms with van der Waals surface area (Å²) in [5.41, 5.74) is 2.22. The number of rotatable bonds is 5. The zero-order chi connectivity index (χ0) is 21.8. The summed E-state index contributed by atoms with van der Waals surface area (Å²) >= 11 is 6.14. The minimum atomic E-state index is -0.282. The highest BCUT2D eigenvalue weighted by molar-refractivity contribution is 6.32. The lowest BCUT2D eigenvalue weighted by atomic mass is 9.95. The number of nitrogens with zero attached hydrogens (tertiary/aromatic N) is 3. The van der Waals surface area contributed by atoms with Gasteiger partial charge >= 0.3 is 0 Å². The second-order valence-electron chi connectivity index (χ2n) is 7.37. The molecule has 1 N–H and O–H groups in total. The molecule has 0 atom stereocenters. The largest absolute Gasteiger partial charge is 0.495 e. The van der Waals surface area contributed by atoms with Crippen LogP contribution in [0, 0.1) is 11.7 Å². The second kappa shape index (κ2) is 9.31. The molecule has 2 aromatic carbocycles. The molecule has 1 aliphatic heterocycles. The summed E-state index contributed by atoms with van der Waals surface area (Å²) in [5, 5.41) is 3.39. The number of piperidine rings is 1. The van der Waals surface area contributed by atoms with Gasteiger partial charge in [0.05, 0.1) is 17.8 Å². The van der Waals surface area contributed by atoms with E-state index in [0.29, 0.717) is 42.4 Å². The van der Waals surface area contributed by atoms with Crippen molar-refractivity contribution in [2.45, 2.75) is 12.8 Å². The highest BCUT2D eigenvalue weighted by Crippen LogP contribution is 2.29. The third-order valence-electron chi connectivity index (χ3n) is 5.40. The summed E-state index contributed by atoms with van der Waals surface area (Å²) < 4.78 is 18.3. The van der Waals surface area contributed by atoms with E-state index in [1.54, 1.807) is 37.4 Å². The Balaban J connectivity index is 1.37. The molecule has 0 radical (unpaired) electrons. The van der Waals surface area contributed by atoms with Crippen molar-refractivity contribution in [3.8, 4) is 17.0 Å². The van der Waals surface area contributed by atoms with Gasteiger partial charge in [0.2, 0.25) is 5.91 Å². The molecule has 0 spiro atoms. The predicted molar refractivity (Wildman–Crippen MR) is 119 cm³/mol. The Kier molecular flexibility index (Phi) is 6.32. The Morgan fingerprint density at radius 3 is 2.55 bits per heavy atom. The Morgan fingerprint density at radius 2 is 1.87 bits per heavy atom. The van der Waals surface area contributed by atoms with Gasteiger partial charge in [0, 0.05) is 36.3 Å². The molecule has 0 aliphatic carbocycles. The number of hydrogen-bond donors (Lipinski definition) is 1. The summed E-state index contributed by atoms with van der Waals surface area (Å²) in [7, 11) is 1.55. The molecule has 160 valence electrons. The summed E-state index contributed by atoms with van der Waals surface area (Å²) in [6, 6.07) is 13.3. The third kappa shape index (κ3) is 4.94. The number of ether oxygens (including phenoxy) is 1. The maximum Gasteiger partial charge on any atom is 0.227 e. The summed E-state index contributed by atoms with van der Waals surface area (Å²) in [6.45, 7) is 1.42. The molecule has 1 aliphatic rings. The Hall–Kier alpha value is -3.19. The Bertz CT molecular complexity index is 1070. The fraction of sp³-hybridized carbons (Fsp3) is 0.261. The predicted octanol–water partition coefficient (Wildman–Crippen LogP) is 4.80. The molecule has 8 heteroatoms. The van der Waals surface area contributed by atoms with Crippen LogP contribution in [0.3, 0.4) is 0 Å². The Morgan fingerprint density at radius 1 is 1.13 bits per heavy atom. The topological polar surface area (TPSA) is 67.3 Å². The fourth-order valence-corrected chi connectivity index (χ4v) is 3.92. The van der Waals surface area contributed by atoms with Gasteiger partial charge in [-0.3, -0.25) is 4.79 Å². The van der Waals surface area contributed by atoms with Crippen LogP contribution in [0.1, 0.15) is 12.8 Å². The lowest BCUT2D eigenvalue weighted by Crippen LogP contribution is -2.38. The van der Waals surface area contributed by atoms with Crippen molar-refractivity contribution >= 4 is 29.0 Å². The molecule has 6 nitrogen and oxygen atoms in total. The van der Waals surface area contributed by atoms with Crippen LogP contribution in [0.15, 0.2) is 54.9 Å². The molecule has 1 fully saturated rings. The van der Waals surface area contributed by atoms with Gasteiger partial charge in [-0.05, 0) is 55.3 Å². The number of aromatic nitrogens is 2. The van der Waals surface area contributed by atoms with E-state index in [4.69, 9.17) is 16.3 Å². The lowest BCUT2D eigenvalue weighted by molar-refractivity contribution is -0.120. The number of carbonyl (C=O) groups excluding carboxylic acids is 1. The van der Waals surface area contributed by atoms with E-state index in [1.165, 1.54) is 18.5 Å². The molecule has 2 heterocycles. The van der Waals surface area contributed by atoms with Gasteiger partial charge in [-0.1, -0.05) is 11.6 Å². The van der Waals surface area contributed by atoms with Gasteiger partial charge in [0.15, 0.2) is 0 Å². The van der Waals surface area contributed by atoms with Crippen molar-refractivity contribution in [3.05, 3.63) is 65.7 Å². The molecule has 4 rings (SSSR count). The van der Waals surface area contributed by atoms with Gasteiger partial charge in [-0.25, -0.2) is 14.4 Å². The number of carbonyl (C=O) groups is 1. The Labute approximate surface area is 185 Å². The van der Waals surface area contributed by atoms with E-state index in [0.717, 1.165) is 17.1 Å². The van der Waals surface area contributed by atoms with Gasteiger partial charge in [-0.2, -0.15) is 0 Å². The molecular formula is C23H22ClFN4O2. The van der Waals surface area contributed by atoms with Crippen LogP contribution < -0.4 is 15.0 Å². The normalized spacial score (nSPS) is 14.4. The van der Waals surface area contributed by atoms with Crippen molar-refractivity contribution < 1.29 is 13.9 Å². The smallest absolute Gasteiger partial charge is 0.227 e. The first-order valence-electron chi connectivity index (χ1n) is 10.0. The molecule has 31 heavy (non-hydrogen) atoms. The monoisotopic (exact) mass is 440 g/mol. The molecule has 0 saturated carbocycles. The molecular weight excluding hydrogens is 419 g/mol. The maximum absolute atomic E-state index is 13.2. The van der Waals surface area contributed by atoms with E-state index >= 15 is 0 Å². The average molecular weight is 441 g/mol. The van der Waals surface area contributed by atoms with Gasteiger partial charge in [0.1, 0.15) is 23.7 Å². The van der Waals surface area contributed by atoms with E-state index < -0.39 is 0 Å². The van der Waals surface area contributed by atoms with Crippen molar-refractivity contribution in [1.29, 1.82) is 0 Å². The molecule has 0 bridgehead atoms. The summed E-state index contributed by atoms with van der Waals surface area (Å²) in [6.07, 6.45) is 2.94. The summed E-state index contributed by atoms with van der Waals surface area (Å²) in [5.74, 6) is 0.981. The quantitative estimate of drug-likeness (QED) is 0.617. The zero-order valence-electron chi connectivity index (χ0n) is 17.0. The highest BCUT2D eigenvalue weighted by atomic mass is 35.5. The number of hydrogen-bond acceptors (Lipinski definition) is 5. The minimum absolute atomic E-state index is 0.0180. The molecule has 0 unspecified atom stereocenters. The van der Waals surface area contributed by atoms with Crippen molar-refractivity contribution in [2.75, 3.05) is 30.4 Å². The van der Waals surface area contributed by atoms with Crippen LogP contribution in [0.25, 0.3) is 11.3 Å². The number of halogens is 2. The summed E-state index contributed by atoms with van der Waals surface area (Å²) in [4.78, 5) is 23.5. The lowest BCUT2D eigenvalue weighted by Gasteiger charge is -2.32. The fourth-order valence-electron chi connectivity index (χ4n) is 3.66. The zero-order valence-corrected chi connectivity index (χ0v) is 17.8. The van der Waals surface area contributed by atoms with Crippen LogP contribution in [0.4, 0.5) is 15.9 Å². The van der Waals surface area contributed by atoms with Crippen LogP contribution >= 0.6 is 11.6 Å². The van der Waals surface area contributed by atoms with Crippen LogP contribution in [0.5, 0.6) is 5.75 Å². The number of methoxy groups -OCH3 is 1. The maximum atomic E-state index is 13.2. The number of amides is 1. The van der Waals surface area contributed by atoms with Crippen LogP contribution in [0.2, 0.25) is 5.02 Å². The first-order chi connectivity index (χ1) is 15.0. The first-order valence-corrected chi connectivity index (χ1v) is 10.4. The van der Waals surface area contributed by atoms with Crippen LogP contribution in [-0.2, 0) is 4.79 Å². The first kappa shape index (κ1) is 21.1. The SMILES string of the molecule is COc1ccc(NC(=O)C2CCN(c3cc(-c4ccc(F)cc4)ncn3)CC2)cc1Cl. The molecule has 1 amide bonds. The molecule has 1 aromatic heterocycles. The number of nitrogens with one attached hydrogen (secondary N) is 1. The second-order valence-corrected chi connectivity index (χ2v) is 7.78. The molecule has 3 aromatic rings. The van der Waals surface area contributed by atoms with Crippen LogP contribution in [-0.4, -0.2) is 36.1 Å². The van der Waals surface area contributed by atoms with E-state index in [-0.39, 0.29) is 17.6 Å². The van der Waals surface area contributed by atoms with Gasteiger partial charge < -0.3 is 15.0 Å².